The van der Waals surface area contributed by atoms with E-state index >= 15 is 0 Å². The Bertz CT molecular complexity index is 490. The highest BCUT2D eigenvalue weighted by atomic mass is 14.6. The standard InChI is InChI=1S/C14H16N2/c1-10-9-16-8-7-12(10)14-6-4-3-5-13(14)11(2)15/h3-9,11H,15H2,1-2H3. The van der Waals surface area contributed by atoms with Gasteiger partial charge in [-0.1, -0.05) is 24.3 Å². The third kappa shape index (κ3) is 1.97. The fraction of sp³-hybridized carbons (Fsp3) is 0.214. The maximum Gasteiger partial charge on any atom is 0.0303 e. The molecule has 82 valence electrons. The highest BCUT2D eigenvalue weighted by Gasteiger charge is 2.09. The van der Waals surface area contributed by atoms with Crippen molar-refractivity contribution in [2.75, 3.05) is 0 Å². The molecule has 0 radical (unpaired) electrons. The Morgan fingerprint density at radius 1 is 1.12 bits per heavy atom. The zero-order valence-electron chi connectivity index (χ0n) is 9.64. The molecule has 2 heteroatoms. The first-order valence-electron chi connectivity index (χ1n) is 5.45. The number of nitrogens with two attached hydrogens (primary N) is 1. The van der Waals surface area contributed by atoms with Gasteiger partial charge >= 0.3 is 0 Å². The first-order chi connectivity index (χ1) is 7.70. The topological polar surface area (TPSA) is 38.9 Å². The summed E-state index contributed by atoms with van der Waals surface area (Å²) >= 11 is 0. The fourth-order valence-electron chi connectivity index (χ4n) is 1.91. The molecule has 0 saturated carbocycles. The summed E-state index contributed by atoms with van der Waals surface area (Å²) < 4.78 is 0. The minimum atomic E-state index is 0.0452. The number of rotatable bonds is 2. The molecule has 2 aromatic rings. The lowest BCUT2D eigenvalue weighted by atomic mass is 9.94. The Hall–Kier alpha value is -1.67. The van der Waals surface area contributed by atoms with Crippen LogP contribution in [0.3, 0.4) is 0 Å². The van der Waals surface area contributed by atoms with Crippen molar-refractivity contribution < 1.29 is 0 Å². The first-order valence-corrected chi connectivity index (χ1v) is 5.45. The van der Waals surface area contributed by atoms with Crippen LogP contribution >= 0.6 is 0 Å². The van der Waals surface area contributed by atoms with E-state index in [1.54, 1.807) is 0 Å². The Balaban J connectivity index is 2.60. The van der Waals surface area contributed by atoms with Crippen LogP contribution in [0.15, 0.2) is 42.7 Å². The number of benzene rings is 1. The lowest BCUT2D eigenvalue weighted by Crippen LogP contribution is -2.06. The van der Waals surface area contributed by atoms with E-state index in [-0.39, 0.29) is 6.04 Å². The molecular formula is C14H16N2. The summed E-state index contributed by atoms with van der Waals surface area (Å²) in [4.78, 5) is 4.11. The molecule has 1 unspecified atom stereocenters. The minimum Gasteiger partial charge on any atom is -0.324 e. The summed E-state index contributed by atoms with van der Waals surface area (Å²) in [5.41, 5.74) is 10.8. The molecule has 0 aliphatic heterocycles. The molecule has 0 aliphatic rings. The van der Waals surface area contributed by atoms with Crippen molar-refractivity contribution in [3.05, 3.63) is 53.9 Å². The van der Waals surface area contributed by atoms with Gasteiger partial charge in [-0.3, -0.25) is 4.98 Å². The van der Waals surface area contributed by atoms with Crippen LogP contribution in [0.5, 0.6) is 0 Å². The minimum absolute atomic E-state index is 0.0452. The third-order valence-electron chi connectivity index (χ3n) is 2.76. The molecule has 16 heavy (non-hydrogen) atoms. The van der Waals surface area contributed by atoms with Crippen molar-refractivity contribution in [3.8, 4) is 11.1 Å². The molecule has 0 amide bonds. The van der Waals surface area contributed by atoms with Crippen LogP contribution in [0.2, 0.25) is 0 Å². The van der Waals surface area contributed by atoms with E-state index in [4.69, 9.17) is 5.73 Å². The van der Waals surface area contributed by atoms with Crippen LogP contribution < -0.4 is 5.73 Å². The summed E-state index contributed by atoms with van der Waals surface area (Å²) in [6, 6.07) is 10.3. The smallest absolute Gasteiger partial charge is 0.0303 e. The van der Waals surface area contributed by atoms with Crippen LogP contribution in [-0.4, -0.2) is 4.98 Å². The lowest BCUT2D eigenvalue weighted by Gasteiger charge is -2.14. The van der Waals surface area contributed by atoms with Gasteiger partial charge in [0.25, 0.3) is 0 Å². The summed E-state index contributed by atoms with van der Waals surface area (Å²) in [5, 5.41) is 0. The van der Waals surface area contributed by atoms with Crippen molar-refractivity contribution in [2.24, 2.45) is 5.73 Å². The predicted molar refractivity (Wildman–Crippen MR) is 67.0 cm³/mol. The van der Waals surface area contributed by atoms with Crippen molar-refractivity contribution in [1.29, 1.82) is 0 Å². The Morgan fingerprint density at radius 3 is 2.56 bits per heavy atom. The number of hydrogen-bond donors (Lipinski definition) is 1. The van der Waals surface area contributed by atoms with Gasteiger partial charge in [0.15, 0.2) is 0 Å². The molecule has 2 rings (SSSR count). The van der Waals surface area contributed by atoms with E-state index in [9.17, 15) is 0 Å². The van der Waals surface area contributed by atoms with Crippen LogP contribution in [0.25, 0.3) is 11.1 Å². The van der Waals surface area contributed by atoms with Gasteiger partial charge in [-0.15, -0.1) is 0 Å². The number of aryl methyl sites for hydroxylation is 1. The van der Waals surface area contributed by atoms with Gasteiger partial charge in [0.1, 0.15) is 0 Å². The molecule has 0 spiro atoms. The summed E-state index contributed by atoms with van der Waals surface area (Å²) in [7, 11) is 0. The zero-order chi connectivity index (χ0) is 11.5. The Morgan fingerprint density at radius 2 is 1.88 bits per heavy atom. The first kappa shape index (κ1) is 10.8. The van der Waals surface area contributed by atoms with E-state index in [1.807, 2.05) is 37.5 Å². The molecule has 0 fully saturated rings. The molecule has 0 aliphatic carbocycles. The maximum atomic E-state index is 5.99. The SMILES string of the molecule is Cc1cnccc1-c1ccccc1C(C)N. The fourth-order valence-corrected chi connectivity index (χ4v) is 1.91. The molecule has 2 nitrogen and oxygen atoms in total. The lowest BCUT2D eigenvalue weighted by molar-refractivity contribution is 0.820. The highest BCUT2D eigenvalue weighted by molar-refractivity contribution is 5.70. The van der Waals surface area contributed by atoms with E-state index in [2.05, 4.69) is 24.0 Å². The quantitative estimate of drug-likeness (QED) is 0.830. The van der Waals surface area contributed by atoms with Gasteiger partial charge < -0.3 is 5.73 Å². The average molecular weight is 212 g/mol. The van der Waals surface area contributed by atoms with Gasteiger partial charge in [0.2, 0.25) is 0 Å². The van der Waals surface area contributed by atoms with E-state index in [0.29, 0.717) is 0 Å². The summed E-state index contributed by atoms with van der Waals surface area (Å²) in [6.07, 6.45) is 3.70. The Labute approximate surface area is 96.1 Å². The van der Waals surface area contributed by atoms with Crippen LogP contribution in [0, 0.1) is 6.92 Å². The van der Waals surface area contributed by atoms with Gasteiger partial charge in [0, 0.05) is 18.4 Å². The second-order valence-electron chi connectivity index (χ2n) is 4.07. The molecule has 2 N–H and O–H groups in total. The molecule has 1 aromatic heterocycles. The number of hydrogen-bond acceptors (Lipinski definition) is 2. The van der Waals surface area contributed by atoms with E-state index in [0.717, 1.165) is 0 Å². The van der Waals surface area contributed by atoms with E-state index in [1.165, 1.54) is 22.3 Å². The van der Waals surface area contributed by atoms with Gasteiger partial charge in [-0.05, 0) is 42.2 Å². The molecule has 1 heterocycles. The largest absolute Gasteiger partial charge is 0.324 e. The molecule has 1 atom stereocenters. The second-order valence-corrected chi connectivity index (χ2v) is 4.07. The Kier molecular flexibility index (Phi) is 3.02. The molecular weight excluding hydrogens is 196 g/mol. The maximum absolute atomic E-state index is 5.99. The van der Waals surface area contributed by atoms with Crippen LogP contribution in [0.1, 0.15) is 24.1 Å². The average Bonchev–Trinajstić information content (AvgIpc) is 2.29. The van der Waals surface area contributed by atoms with Crippen LogP contribution in [0.4, 0.5) is 0 Å². The summed E-state index contributed by atoms with van der Waals surface area (Å²) in [6.45, 7) is 4.08. The van der Waals surface area contributed by atoms with Gasteiger partial charge in [-0.2, -0.15) is 0 Å². The molecule has 1 aromatic carbocycles. The van der Waals surface area contributed by atoms with Crippen molar-refractivity contribution in [3.63, 3.8) is 0 Å². The van der Waals surface area contributed by atoms with Gasteiger partial charge in [0.05, 0.1) is 0 Å². The predicted octanol–water partition coefficient (Wildman–Crippen LogP) is 3.08. The summed E-state index contributed by atoms with van der Waals surface area (Å²) in [5.74, 6) is 0. The van der Waals surface area contributed by atoms with Crippen molar-refractivity contribution in [2.45, 2.75) is 19.9 Å². The number of aromatic nitrogens is 1. The second kappa shape index (κ2) is 4.45. The van der Waals surface area contributed by atoms with Crippen molar-refractivity contribution in [1.82, 2.24) is 4.98 Å². The molecule has 0 bridgehead atoms. The zero-order valence-corrected chi connectivity index (χ0v) is 9.64. The monoisotopic (exact) mass is 212 g/mol. The van der Waals surface area contributed by atoms with Crippen molar-refractivity contribution >= 4 is 0 Å². The molecule has 0 saturated heterocycles. The van der Waals surface area contributed by atoms with Crippen LogP contribution in [-0.2, 0) is 0 Å². The van der Waals surface area contributed by atoms with Gasteiger partial charge in [-0.25, -0.2) is 0 Å². The number of nitrogens with zero attached hydrogens (tertiary/aromatic N) is 1. The number of pyridine rings is 1. The van der Waals surface area contributed by atoms with E-state index < -0.39 is 0 Å². The third-order valence-corrected chi connectivity index (χ3v) is 2.76. The highest BCUT2D eigenvalue weighted by Crippen LogP contribution is 2.28. The normalized spacial score (nSPS) is 12.4.